The third-order valence-corrected chi connectivity index (χ3v) is 4.42. The summed E-state index contributed by atoms with van der Waals surface area (Å²) in [6.07, 6.45) is -0.407. The van der Waals surface area contributed by atoms with Crippen LogP contribution in [0.4, 0.5) is 13.2 Å². The van der Waals surface area contributed by atoms with Gasteiger partial charge < -0.3 is 5.73 Å². The van der Waals surface area contributed by atoms with Crippen molar-refractivity contribution in [3.05, 3.63) is 47.5 Å². The molecule has 0 heterocycles. The molecule has 0 saturated heterocycles. The summed E-state index contributed by atoms with van der Waals surface area (Å²) in [6.45, 7) is 0. The standard InChI is InChI=1S/C17H18F3N/c18-17(19,20)16-9-8-13(11-4-3-5-12(21)10-11)14-6-1-2-7-15(14)16/h1-2,6-9,11-12H,3-5,10,21H2. The van der Waals surface area contributed by atoms with E-state index in [0.717, 1.165) is 31.2 Å². The molecule has 2 aromatic carbocycles. The highest BCUT2D eigenvalue weighted by Crippen LogP contribution is 2.40. The fourth-order valence-electron chi connectivity index (χ4n) is 3.44. The molecule has 2 unspecified atom stereocenters. The molecule has 0 aliphatic heterocycles. The van der Waals surface area contributed by atoms with Crippen LogP contribution < -0.4 is 5.73 Å². The van der Waals surface area contributed by atoms with Crippen LogP contribution in [0.1, 0.15) is 42.7 Å². The third kappa shape index (κ3) is 2.77. The van der Waals surface area contributed by atoms with Crippen LogP contribution in [0, 0.1) is 0 Å². The van der Waals surface area contributed by atoms with Crippen molar-refractivity contribution in [3.8, 4) is 0 Å². The van der Waals surface area contributed by atoms with Crippen LogP contribution in [-0.4, -0.2) is 6.04 Å². The average Bonchev–Trinajstić information content (AvgIpc) is 2.45. The molecule has 112 valence electrons. The Kier molecular flexibility index (Phi) is 3.66. The first-order valence-electron chi connectivity index (χ1n) is 7.31. The Morgan fingerprint density at radius 2 is 1.67 bits per heavy atom. The zero-order chi connectivity index (χ0) is 15.0. The molecule has 0 spiro atoms. The summed E-state index contributed by atoms with van der Waals surface area (Å²) in [5.74, 6) is 0.265. The normalized spacial score (nSPS) is 23.4. The number of alkyl halides is 3. The van der Waals surface area contributed by atoms with Gasteiger partial charge >= 0.3 is 6.18 Å². The van der Waals surface area contributed by atoms with Gasteiger partial charge in [-0.1, -0.05) is 36.8 Å². The molecule has 0 aromatic heterocycles. The van der Waals surface area contributed by atoms with E-state index < -0.39 is 11.7 Å². The molecular formula is C17H18F3N. The van der Waals surface area contributed by atoms with E-state index in [0.29, 0.717) is 10.8 Å². The van der Waals surface area contributed by atoms with Crippen molar-refractivity contribution >= 4 is 10.8 Å². The van der Waals surface area contributed by atoms with Crippen LogP contribution in [0.2, 0.25) is 0 Å². The van der Waals surface area contributed by atoms with E-state index in [1.165, 1.54) is 6.07 Å². The molecule has 3 rings (SSSR count). The molecule has 1 nitrogen and oxygen atoms in total. The van der Waals surface area contributed by atoms with E-state index in [4.69, 9.17) is 5.73 Å². The van der Waals surface area contributed by atoms with Crippen molar-refractivity contribution in [1.82, 2.24) is 0 Å². The topological polar surface area (TPSA) is 26.0 Å². The van der Waals surface area contributed by atoms with E-state index in [2.05, 4.69) is 0 Å². The monoisotopic (exact) mass is 293 g/mol. The van der Waals surface area contributed by atoms with Crippen molar-refractivity contribution in [3.63, 3.8) is 0 Å². The number of rotatable bonds is 1. The van der Waals surface area contributed by atoms with Gasteiger partial charge in [0.15, 0.2) is 0 Å². The number of fused-ring (bicyclic) bond motifs is 1. The highest BCUT2D eigenvalue weighted by atomic mass is 19.4. The lowest BCUT2D eigenvalue weighted by atomic mass is 9.79. The number of benzene rings is 2. The predicted molar refractivity (Wildman–Crippen MR) is 78.1 cm³/mol. The molecule has 0 radical (unpaired) electrons. The Hall–Kier alpha value is -1.55. The Morgan fingerprint density at radius 3 is 2.33 bits per heavy atom. The molecule has 0 bridgehead atoms. The lowest BCUT2D eigenvalue weighted by Gasteiger charge is -2.28. The van der Waals surface area contributed by atoms with Crippen molar-refractivity contribution in [2.75, 3.05) is 0 Å². The molecule has 1 aliphatic carbocycles. The first-order chi connectivity index (χ1) is 9.97. The molecule has 1 aliphatic rings. The lowest BCUT2D eigenvalue weighted by molar-refractivity contribution is -0.136. The third-order valence-electron chi connectivity index (χ3n) is 4.42. The first kappa shape index (κ1) is 14.4. The Morgan fingerprint density at radius 1 is 0.952 bits per heavy atom. The maximum absolute atomic E-state index is 13.1. The van der Waals surface area contributed by atoms with Gasteiger partial charge in [0.1, 0.15) is 0 Å². The van der Waals surface area contributed by atoms with E-state index in [1.807, 2.05) is 0 Å². The summed E-state index contributed by atoms with van der Waals surface area (Å²) in [7, 11) is 0. The zero-order valence-electron chi connectivity index (χ0n) is 11.7. The van der Waals surface area contributed by atoms with Gasteiger partial charge in [-0.3, -0.25) is 0 Å². The van der Waals surface area contributed by atoms with Crippen LogP contribution in [0.5, 0.6) is 0 Å². The molecule has 0 amide bonds. The Balaban J connectivity index is 2.13. The van der Waals surface area contributed by atoms with E-state index >= 15 is 0 Å². The van der Waals surface area contributed by atoms with Gasteiger partial charge in [0.2, 0.25) is 0 Å². The van der Waals surface area contributed by atoms with Crippen molar-refractivity contribution < 1.29 is 13.2 Å². The predicted octanol–water partition coefficient (Wildman–Crippen LogP) is 4.84. The van der Waals surface area contributed by atoms with E-state index in [9.17, 15) is 13.2 Å². The van der Waals surface area contributed by atoms with E-state index in [1.54, 1.807) is 30.3 Å². The summed E-state index contributed by atoms with van der Waals surface area (Å²) in [4.78, 5) is 0. The maximum atomic E-state index is 13.1. The van der Waals surface area contributed by atoms with Crippen LogP contribution in [0.3, 0.4) is 0 Å². The second-order valence-corrected chi connectivity index (χ2v) is 5.87. The summed E-state index contributed by atoms with van der Waals surface area (Å²) in [5, 5.41) is 1.01. The molecule has 2 aromatic rings. The number of nitrogens with two attached hydrogens (primary N) is 1. The average molecular weight is 293 g/mol. The van der Waals surface area contributed by atoms with Crippen molar-refractivity contribution in [2.45, 2.75) is 43.8 Å². The van der Waals surface area contributed by atoms with Gasteiger partial charge in [-0.05, 0) is 47.6 Å². The summed E-state index contributed by atoms with van der Waals surface area (Å²) in [6, 6.07) is 9.84. The molecule has 2 atom stereocenters. The first-order valence-corrected chi connectivity index (χ1v) is 7.31. The zero-order valence-corrected chi connectivity index (χ0v) is 11.7. The van der Waals surface area contributed by atoms with Gasteiger partial charge in [-0.25, -0.2) is 0 Å². The molecular weight excluding hydrogens is 275 g/mol. The Labute approximate surface area is 121 Å². The molecule has 4 heteroatoms. The fourth-order valence-corrected chi connectivity index (χ4v) is 3.44. The van der Waals surface area contributed by atoms with Gasteiger partial charge in [-0.2, -0.15) is 13.2 Å². The molecule has 1 saturated carbocycles. The van der Waals surface area contributed by atoms with Gasteiger partial charge in [-0.15, -0.1) is 0 Å². The van der Waals surface area contributed by atoms with Crippen LogP contribution in [-0.2, 0) is 6.18 Å². The number of hydrogen-bond acceptors (Lipinski definition) is 1. The van der Waals surface area contributed by atoms with Gasteiger partial charge in [0.25, 0.3) is 0 Å². The quantitative estimate of drug-likeness (QED) is 0.799. The van der Waals surface area contributed by atoms with Gasteiger partial charge in [0, 0.05) is 6.04 Å². The second kappa shape index (κ2) is 5.34. The van der Waals surface area contributed by atoms with Crippen LogP contribution in [0.15, 0.2) is 36.4 Å². The van der Waals surface area contributed by atoms with Crippen molar-refractivity contribution in [1.29, 1.82) is 0 Å². The minimum Gasteiger partial charge on any atom is -0.328 e. The highest BCUT2D eigenvalue weighted by Gasteiger charge is 2.33. The maximum Gasteiger partial charge on any atom is 0.417 e. The van der Waals surface area contributed by atoms with Crippen LogP contribution in [0.25, 0.3) is 10.8 Å². The van der Waals surface area contributed by atoms with E-state index in [-0.39, 0.29) is 12.0 Å². The van der Waals surface area contributed by atoms with Crippen LogP contribution >= 0.6 is 0 Å². The summed E-state index contributed by atoms with van der Waals surface area (Å²) >= 11 is 0. The SMILES string of the molecule is NC1CCCC(c2ccc(C(F)(F)F)c3ccccc23)C1. The highest BCUT2D eigenvalue weighted by molar-refractivity contribution is 5.89. The Bertz CT molecular complexity index is 648. The van der Waals surface area contributed by atoms with Gasteiger partial charge in [0.05, 0.1) is 5.56 Å². The minimum absolute atomic E-state index is 0.157. The molecule has 2 N–H and O–H groups in total. The largest absolute Gasteiger partial charge is 0.417 e. The van der Waals surface area contributed by atoms with Crippen molar-refractivity contribution in [2.24, 2.45) is 5.73 Å². The number of halogens is 3. The summed E-state index contributed by atoms with van der Waals surface area (Å²) in [5.41, 5.74) is 6.48. The minimum atomic E-state index is -4.32. The lowest BCUT2D eigenvalue weighted by Crippen LogP contribution is -2.27. The summed E-state index contributed by atoms with van der Waals surface area (Å²) < 4.78 is 39.4. The second-order valence-electron chi connectivity index (χ2n) is 5.87. The molecule has 1 fully saturated rings. The number of hydrogen-bond donors (Lipinski definition) is 1. The fraction of sp³-hybridized carbons (Fsp3) is 0.412. The smallest absolute Gasteiger partial charge is 0.328 e. The molecule has 21 heavy (non-hydrogen) atoms.